The van der Waals surface area contributed by atoms with Crippen LogP contribution < -0.4 is 0 Å². The van der Waals surface area contributed by atoms with Crippen molar-refractivity contribution in [3.05, 3.63) is 132 Å². The predicted molar refractivity (Wildman–Crippen MR) is 158 cm³/mol. The summed E-state index contributed by atoms with van der Waals surface area (Å²) in [7, 11) is 0. The lowest BCUT2D eigenvalue weighted by atomic mass is 9.94. The average Bonchev–Trinajstić information content (AvgIpc) is 3.31. The smallest absolute Gasteiger partial charge is 0.162 e. The molecule has 7 rings (SSSR count). The Kier molecular flexibility index (Phi) is 5.56. The average molecular weight is 553 g/mol. The normalized spacial score (nSPS) is 11.3. The maximum Gasteiger partial charge on any atom is 0.162 e. The van der Waals surface area contributed by atoms with Crippen molar-refractivity contribution >= 4 is 37.7 Å². The number of rotatable bonds is 4. The summed E-state index contributed by atoms with van der Waals surface area (Å²) in [5, 5.41) is 2.39. The maximum atomic E-state index is 4.38. The van der Waals surface area contributed by atoms with Gasteiger partial charge in [-0.2, -0.15) is 0 Å². The number of hydrogen-bond donors (Lipinski definition) is 0. The van der Waals surface area contributed by atoms with Gasteiger partial charge in [0.05, 0.1) is 11.0 Å². The number of benzene rings is 5. The number of aromatic nitrogens is 4. The van der Waals surface area contributed by atoms with E-state index < -0.39 is 0 Å². The van der Waals surface area contributed by atoms with Crippen LogP contribution in [0.15, 0.2) is 132 Å². The number of nitrogens with zero attached hydrogens (tertiary/aromatic N) is 4. The van der Waals surface area contributed by atoms with Gasteiger partial charge in [-0.3, -0.25) is 0 Å². The van der Waals surface area contributed by atoms with Crippen LogP contribution in [0.1, 0.15) is 0 Å². The summed E-state index contributed by atoms with van der Waals surface area (Å²) in [6.07, 6.45) is 3.07. The molecule has 4 nitrogen and oxygen atoms in total. The fourth-order valence-electron chi connectivity index (χ4n) is 5.18. The van der Waals surface area contributed by atoms with Crippen LogP contribution in [0, 0.1) is 0 Å². The van der Waals surface area contributed by atoms with E-state index in [1.165, 1.54) is 45.7 Å². The van der Waals surface area contributed by atoms with Gasteiger partial charge in [-0.15, -0.1) is 0 Å². The summed E-state index contributed by atoms with van der Waals surface area (Å²) in [5.41, 5.74) is 9.11. The molecule has 5 heteroatoms. The fraction of sp³-hybridized carbons (Fsp3) is 0. The van der Waals surface area contributed by atoms with E-state index in [1.54, 1.807) is 0 Å². The van der Waals surface area contributed by atoms with Crippen molar-refractivity contribution in [3.8, 4) is 39.3 Å². The van der Waals surface area contributed by atoms with E-state index in [-0.39, 0.29) is 0 Å². The molecular weight excluding hydrogens is 532 g/mol. The zero-order valence-corrected chi connectivity index (χ0v) is 21.9. The van der Waals surface area contributed by atoms with E-state index in [0.29, 0.717) is 5.82 Å². The Bertz CT molecular complexity index is 1910. The Balaban J connectivity index is 1.49. The van der Waals surface area contributed by atoms with E-state index in [1.807, 2.05) is 6.07 Å². The summed E-state index contributed by atoms with van der Waals surface area (Å²) < 4.78 is 3.41. The van der Waals surface area contributed by atoms with Crippen LogP contribution in [-0.4, -0.2) is 19.5 Å². The molecule has 7 aromatic rings. The summed E-state index contributed by atoms with van der Waals surface area (Å²) in [5.74, 6) is 0.663. The third kappa shape index (κ3) is 3.88. The quantitative estimate of drug-likeness (QED) is 0.219. The number of halogens is 1. The second kappa shape index (κ2) is 9.36. The molecule has 0 spiro atoms. The first-order valence-corrected chi connectivity index (χ1v) is 13.2. The molecule has 0 atom stereocenters. The molecule has 0 unspecified atom stereocenters. The highest BCUT2D eigenvalue weighted by Crippen LogP contribution is 2.38. The molecule has 180 valence electrons. The van der Waals surface area contributed by atoms with E-state index in [4.69, 9.17) is 0 Å². The van der Waals surface area contributed by atoms with Crippen LogP contribution in [0.25, 0.3) is 61.1 Å². The van der Waals surface area contributed by atoms with Gasteiger partial charge in [-0.05, 0) is 58.7 Å². The molecule has 2 heterocycles. The lowest BCUT2D eigenvalue weighted by molar-refractivity contribution is 1.06. The van der Waals surface area contributed by atoms with Gasteiger partial charge in [0.1, 0.15) is 12.7 Å². The maximum absolute atomic E-state index is 4.38. The van der Waals surface area contributed by atoms with Gasteiger partial charge in [-0.25, -0.2) is 15.0 Å². The first-order chi connectivity index (χ1) is 18.8. The highest BCUT2D eigenvalue weighted by molar-refractivity contribution is 9.10. The third-order valence-electron chi connectivity index (χ3n) is 6.93. The van der Waals surface area contributed by atoms with Crippen molar-refractivity contribution < 1.29 is 0 Å². The highest BCUT2D eigenvalue weighted by Gasteiger charge is 2.16. The van der Waals surface area contributed by atoms with Crippen LogP contribution in [-0.2, 0) is 0 Å². The number of fused-ring (bicyclic) bond motifs is 3. The van der Waals surface area contributed by atoms with Crippen LogP contribution >= 0.6 is 15.9 Å². The predicted octanol–water partition coefficient (Wildman–Crippen LogP) is 8.73. The topological polar surface area (TPSA) is 43.6 Å². The molecule has 38 heavy (non-hydrogen) atoms. The van der Waals surface area contributed by atoms with Crippen LogP contribution in [0.5, 0.6) is 0 Å². The summed E-state index contributed by atoms with van der Waals surface area (Å²) in [4.78, 5) is 12.7. The summed E-state index contributed by atoms with van der Waals surface area (Å²) >= 11 is 3.56. The van der Waals surface area contributed by atoms with Gasteiger partial charge in [0.25, 0.3) is 0 Å². The molecule has 0 saturated heterocycles. The lowest BCUT2D eigenvalue weighted by Gasteiger charge is -2.12. The van der Waals surface area contributed by atoms with Gasteiger partial charge in [0.2, 0.25) is 0 Å². The van der Waals surface area contributed by atoms with E-state index >= 15 is 0 Å². The Morgan fingerprint density at radius 2 is 1.08 bits per heavy atom. The van der Waals surface area contributed by atoms with Crippen molar-refractivity contribution in [1.29, 1.82) is 0 Å². The van der Waals surface area contributed by atoms with Gasteiger partial charge in [-0.1, -0.05) is 94.8 Å². The number of para-hydroxylation sites is 1. The molecule has 0 amide bonds. The highest BCUT2D eigenvalue weighted by atomic mass is 79.9. The van der Waals surface area contributed by atoms with Crippen molar-refractivity contribution in [2.75, 3.05) is 0 Å². The molecular formula is C33H21BrN4. The van der Waals surface area contributed by atoms with Gasteiger partial charge in [0, 0.05) is 26.5 Å². The minimum absolute atomic E-state index is 0.663. The number of hydrogen-bond acceptors (Lipinski definition) is 3. The molecule has 0 N–H and O–H groups in total. The molecule has 0 aliphatic carbocycles. The Morgan fingerprint density at radius 3 is 1.76 bits per heavy atom. The molecule has 0 fully saturated rings. The first-order valence-electron chi connectivity index (χ1n) is 12.4. The monoisotopic (exact) mass is 552 g/mol. The van der Waals surface area contributed by atoms with Crippen molar-refractivity contribution in [1.82, 2.24) is 19.5 Å². The van der Waals surface area contributed by atoms with Crippen molar-refractivity contribution in [2.45, 2.75) is 0 Å². The summed E-state index contributed by atoms with van der Waals surface area (Å²) in [6.45, 7) is 0. The zero-order chi connectivity index (χ0) is 25.5. The fourth-order valence-corrected chi connectivity index (χ4v) is 5.45. The SMILES string of the molecule is Brc1ccc(-c2ccccc2-c2ccc3c4ccc(-c5ncncn5)cc4n(-c4ccccc4)c3c2)cc1. The van der Waals surface area contributed by atoms with Gasteiger partial charge < -0.3 is 4.57 Å². The third-order valence-corrected chi connectivity index (χ3v) is 7.46. The second-order valence-electron chi connectivity index (χ2n) is 9.15. The van der Waals surface area contributed by atoms with E-state index in [2.05, 4.69) is 145 Å². The van der Waals surface area contributed by atoms with Gasteiger partial charge >= 0.3 is 0 Å². The van der Waals surface area contributed by atoms with E-state index in [0.717, 1.165) is 26.8 Å². The van der Waals surface area contributed by atoms with Gasteiger partial charge in [0.15, 0.2) is 5.82 Å². The Labute approximate surface area is 228 Å². The molecule has 0 saturated carbocycles. The standard InChI is InChI=1S/C33H21BrN4/c34-25-14-10-22(11-15-25)27-8-4-5-9-28(27)23-12-16-29-30-17-13-24(33-36-20-35-21-37-33)19-32(30)38(31(29)18-23)26-6-2-1-3-7-26/h1-21H. The minimum Gasteiger partial charge on any atom is -0.309 e. The summed E-state index contributed by atoms with van der Waals surface area (Å²) in [6, 6.07) is 40.8. The van der Waals surface area contributed by atoms with Crippen LogP contribution in [0.2, 0.25) is 0 Å². The van der Waals surface area contributed by atoms with E-state index in [9.17, 15) is 0 Å². The van der Waals surface area contributed by atoms with Crippen molar-refractivity contribution in [2.24, 2.45) is 0 Å². The molecule has 0 radical (unpaired) electrons. The zero-order valence-electron chi connectivity index (χ0n) is 20.3. The molecule has 2 aromatic heterocycles. The second-order valence-corrected chi connectivity index (χ2v) is 10.1. The molecule has 0 aliphatic rings. The van der Waals surface area contributed by atoms with Crippen LogP contribution in [0.3, 0.4) is 0 Å². The molecule has 0 bridgehead atoms. The van der Waals surface area contributed by atoms with Crippen molar-refractivity contribution in [3.63, 3.8) is 0 Å². The molecule has 0 aliphatic heterocycles. The Morgan fingerprint density at radius 1 is 0.526 bits per heavy atom. The lowest BCUT2D eigenvalue weighted by Crippen LogP contribution is -1.95. The molecule has 5 aromatic carbocycles. The Hall–Kier alpha value is -4.61. The minimum atomic E-state index is 0.663. The largest absolute Gasteiger partial charge is 0.309 e. The van der Waals surface area contributed by atoms with Crippen LogP contribution in [0.4, 0.5) is 0 Å². The first kappa shape index (κ1) is 22.6.